The molecular weight excluding hydrogens is 374 g/mol. The topological polar surface area (TPSA) is 53.5 Å². The van der Waals surface area contributed by atoms with Gasteiger partial charge in [-0.3, -0.25) is 14.6 Å². The van der Waals surface area contributed by atoms with Gasteiger partial charge < -0.3 is 9.80 Å². The fourth-order valence-corrected chi connectivity index (χ4v) is 4.45. The van der Waals surface area contributed by atoms with E-state index in [0.717, 1.165) is 29.5 Å². The molecule has 0 N–H and O–H groups in total. The second-order valence-electron chi connectivity index (χ2n) is 8.13. The van der Waals surface area contributed by atoms with E-state index in [1.54, 1.807) is 6.20 Å². The molecule has 2 unspecified atom stereocenters. The average Bonchev–Trinajstić information content (AvgIpc) is 3.29. The van der Waals surface area contributed by atoms with Gasteiger partial charge in [-0.05, 0) is 48.4 Å². The number of likely N-dealkylation sites (N-methyl/N-ethyl adjacent to an activating group) is 1. The van der Waals surface area contributed by atoms with Gasteiger partial charge in [0, 0.05) is 44.9 Å². The predicted molar refractivity (Wildman–Crippen MR) is 118 cm³/mol. The Balaban J connectivity index is 1.50. The third kappa shape index (κ3) is 4.45. The number of carbonyl (C=O) groups is 2. The minimum Gasteiger partial charge on any atom is -0.339 e. The number of pyridine rings is 1. The van der Waals surface area contributed by atoms with Crippen LogP contribution in [0.1, 0.15) is 31.7 Å². The molecule has 1 saturated heterocycles. The number of benzene rings is 1. The highest BCUT2D eigenvalue weighted by atomic mass is 16.2. The van der Waals surface area contributed by atoms with Gasteiger partial charge in [-0.1, -0.05) is 42.5 Å². The fraction of sp³-hybridized carbons (Fsp3) is 0.400. The molecule has 4 rings (SSSR count). The largest absolute Gasteiger partial charge is 0.339 e. The smallest absolute Gasteiger partial charge is 0.245 e. The van der Waals surface area contributed by atoms with E-state index in [2.05, 4.69) is 41.4 Å². The predicted octanol–water partition coefficient (Wildman–Crippen LogP) is 3.71. The molecular formula is C25H29N3O2. The summed E-state index contributed by atoms with van der Waals surface area (Å²) < 4.78 is 0. The van der Waals surface area contributed by atoms with Gasteiger partial charge in [0.1, 0.15) is 6.04 Å². The molecule has 2 heterocycles. The van der Waals surface area contributed by atoms with Crippen molar-refractivity contribution < 1.29 is 9.59 Å². The average molecular weight is 404 g/mol. The summed E-state index contributed by atoms with van der Waals surface area (Å²) in [6, 6.07) is 11.8. The molecule has 1 aliphatic carbocycles. The Bertz CT molecular complexity index is 908. The third-order valence-electron chi connectivity index (χ3n) is 6.21. The first-order valence-electron chi connectivity index (χ1n) is 10.9. The lowest BCUT2D eigenvalue weighted by atomic mass is 9.97. The number of nitrogens with zero attached hydrogens (tertiary/aromatic N) is 3. The van der Waals surface area contributed by atoms with Gasteiger partial charge in [0.05, 0.1) is 0 Å². The van der Waals surface area contributed by atoms with Gasteiger partial charge in [0.2, 0.25) is 11.8 Å². The van der Waals surface area contributed by atoms with Crippen LogP contribution in [-0.4, -0.2) is 52.3 Å². The van der Waals surface area contributed by atoms with Crippen LogP contribution in [0.2, 0.25) is 0 Å². The summed E-state index contributed by atoms with van der Waals surface area (Å²) in [6.07, 6.45) is 11.0. The molecule has 0 spiro atoms. The molecule has 5 heteroatoms. The summed E-state index contributed by atoms with van der Waals surface area (Å²) in [7, 11) is 0. The maximum atomic E-state index is 13.1. The van der Waals surface area contributed by atoms with Crippen molar-refractivity contribution in [1.29, 1.82) is 0 Å². The molecule has 30 heavy (non-hydrogen) atoms. The number of rotatable bonds is 6. The van der Waals surface area contributed by atoms with Gasteiger partial charge in [0.25, 0.3) is 0 Å². The quantitative estimate of drug-likeness (QED) is 0.691. The van der Waals surface area contributed by atoms with E-state index in [9.17, 15) is 9.59 Å². The van der Waals surface area contributed by atoms with E-state index < -0.39 is 6.04 Å². The number of hydrogen-bond donors (Lipinski definition) is 0. The van der Waals surface area contributed by atoms with Crippen molar-refractivity contribution in [2.24, 2.45) is 5.92 Å². The molecule has 2 amide bonds. The van der Waals surface area contributed by atoms with Crippen LogP contribution in [0.15, 0.2) is 60.9 Å². The summed E-state index contributed by atoms with van der Waals surface area (Å²) in [4.78, 5) is 34.0. The van der Waals surface area contributed by atoms with Gasteiger partial charge in [-0.2, -0.15) is 0 Å². The molecule has 2 aromatic rings. The molecule has 1 aromatic carbocycles. The van der Waals surface area contributed by atoms with Crippen molar-refractivity contribution in [2.45, 2.75) is 38.6 Å². The molecule has 2 atom stereocenters. The Hall–Kier alpha value is -2.95. The molecule has 156 valence electrons. The Morgan fingerprint density at radius 3 is 2.63 bits per heavy atom. The zero-order valence-corrected chi connectivity index (χ0v) is 17.5. The molecule has 0 saturated carbocycles. The summed E-state index contributed by atoms with van der Waals surface area (Å²) in [5.74, 6) is 0.485. The van der Waals surface area contributed by atoms with Crippen LogP contribution in [0.4, 0.5) is 0 Å². The molecule has 2 aliphatic rings. The Labute approximate surface area is 178 Å². The summed E-state index contributed by atoms with van der Waals surface area (Å²) in [6.45, 7) is 3.92. The second kappa shape index (κ2) is 9.24. The molecule has 1 fully saturated rings. The first-order chi connectivity index (χ1) is 14.7. The van der Waals surface area contributed by atoms with E-state index in [1.807, 2.05) is 35.1 Å². The maximum absolute atomic E-state index is 13.1. The van der Waals surface area contributed by atoms with Crippen molar-refractivity contribution in [3.8, 4) is 11.1 Å². The van der Waals surface area contributed by atoms with Gasteiger partial charge in [0.15, 0.2) is 0 Å². The molecule has 0 radical (unpaired) electrons. The zero-order chi connectivity index (χ0) is 20.9. The van der Waals surface area contributed by atoms with Crippen LogP contribution < -0.4 is 0 Å². The Kier molecular flexibility index (Phi) is 6.26. The number of piperazine rings is 1. The number of hydrogen-bond acceptors (Lipinski definition) is 3. The number of aromatic nitrogens is 1. The van der Waals surface area contributed by atoms with Crippen LogP contribution in [0, 0.1) is 5.92 Å². The summed E-state index contributed by atoms with van der Waals surface area (Å²) >= 11 is 0. The highest BCUT2D eigenvalue weighted by molar-refractivity contribution is 5.89. The Morgan fingerprint density at radius 2 is 1.97 bits per heavy atom. The molecule has 1 aromatic heterocycles. The number of amides is 2. The third-order valence-corrected chi connectivity index (χ3v) is 6.21. The molecule has 1 aliphatic heterocycles. The van der Waals surface area contributed by atoms with E-state index in [1.165, 1.54) is 0 Å². The minimum absolute atomic E-state index is 0.0652. The van der Waals surface area contributed by atoms with Crippen LogP contribution >= 0.6 is 0 Å². The second-order valence-corrected chi connectivity index (χ2v) is 8.13. The van der Waals surface area contributed by atoms with Gasteiger partial charge in [-0.25, -0.2) is 0 Å². The first kappa shape index (κ1) is 20.3. The fourth-order valence-electron chi connectivity index (χ4n) is 4.45. The number of carbonyl (C=O) groups excluding carboxylic acids is 2. The van der Waals surface area contributed by atoms with Gasteiger partial charge >= 0.3 is 0 Å². The van der Waals surface area contributed by atoms with E-state index in [0.29, 0.717) is 38.4 Å². The SMILES string of the molecule is CCN1CCN(C(=O)CC2C=CCC2)C(Cc2ccc(-c3cccnc3)cc2)C1=O. The summed E-state index contributed by atoms with van der Waals surface area (Å²) in [5, 5.41) is 0. The number of allylic oxidation sites excluding steroid dienone is 2. The van der Waals surface area contributed by atoms with Crippen molar-refractivity contribution in [3.05, 3.63) is 66.5 Å². The van der Waals surface area contributed by atoms with Crippen LogP contribution in [-0.2, 0) is 16.0 Å². The van der Waals surface area contributed by atoms with Crippen molar-refractivity contribution in [2.75, 3.05) is 19.6 Å². The Morgan fingerprint density at radius 1 is 1.13 bits per heavy atom. The highest BCUT2D eigenvalue weighted by Crippen LogP contribution is 2.25. The zero-order valence-electron chi connectivity index (χ0n) is 17.5. The van der Waals surface area contributed by atoms with Crippen molar-refractivity contribution >= 4 is 11.8 Å². The van der Waals surface area contributed by atoms with E-state index >= 15 is 0 Å². The maximum Gasteiger partial charge on any atom is 0.245 e. The van der Waals surface area contributed by atoms with Crippen LogP contribution in [0.3, 0.4) is 0 Å². The molecule has 0 bridgehead atoms. The lowest BCUT2D eigenvalue weighted by molar-refractivity contribution is -0.151. The van der Waals surface area contributed by atoms with Crippen LogP contribution in [0.5, 0.6) is 0 Å². The normalized spacial score (nSPS) is 21.3. The monoisotopic (exact) mass is 403 g/mol. The van der Waals surface area contributed by atoms with E-state index in [4.69, 9.17) is 0 Å². The highest BCUT2D eigenvalue weighted by Gasteiger charge is 2.37. The van der Waals surface area contributed by atoms with Crippen LogP contribution in [0.25, 0.3) is 11.1 Å². The van der Waals surface area contributed by atoms with Crippen molar-refractivity contribution in [1.82, 2.24) is 14.8 Å². The van der Waals surface area contributed by atoms with E-state index in [-0.39, 0.29) is 11.8 Å². The minimum atomic E-state index is -0.416. The summed E-state index contributed by atoms with van der Waals surface area (Å²) in [5.41, 5.74) is 3.23. The standard InChI is InChI=1S/C25H29N3O2/c1-2-27-14-15-28(24(29)17-19-6-3-4-7-19)23(25(27)30)16-20-9-11-21(12-10-20)22-8-5-13-26-18-22/h3,5-6,8-13,18-19,23H,2,4,7,14-17H2,1H3. The van der Waals surface area contributed by atoms with Crippen molar-refractivity contribution in [3.63, 3.8) is 0 Å². The molecule has 5 nitrogen and oxygen atoms in total. The first-order valence-corrected chi connectivity index (χ1v) is 10.9. The lowest BCUT2D eigenvalue weighted by Crippen LogP contribution is -2.59. The van der Waals surface area contributed by atoms with Gasteiger partial charge in [-0.15, -0.1) is 0 Å². The lowest BCUT2D eigenvalue weighted by Gasteiger charge is -2.40.